The van der Waals surface area contributed by atoms with Crippen molar-refractivity contribution in [1.29, 1.82) is 0 Å². The number of aromatic nitrogens is 1. The van der Waals surface area contributed by atoms with Crippen molar-refractivity contribution in [3.05, 3.63) is 60.3 Å². The third kappa shape index (κ3) is 2.12. The quantitative estimate of drug-likeness (QED) is 0.748. The highest BCUT2D eigenvalue weighted by Crippen LogP contribution is 2.23. The summed E-state index contributed by atoms with van der Waals surface area (Å²) in [6, 6.07) is 16.1. The molecule has 3 rings (SSSR count). The number of fused-ring (bicyclic) bond motifs is 1. The van der Waals surface area contributed by atoms with Crippen molar-refractivity contribution in [1.82, 2.24) is 4.57 Å². The Hall–Kier alpha value is -2.75. The van der Waals surface area contributed by atoms with E-state index in [9.17, 15) is 9.90 Å². The summed E-state index contributed by atoms with van der Waals surface area (Å²) < 4.78 is 1.81. The van der Waals surface area contributed by atoms with E-state index in [1.807, 2.05) is 41.9 Å². The summed E-state index contributed by atoms with van der Waals surface area (Å²) >= 11 is 0. The summed E-state index contributed by atoms with van der Waals surface area (Å²) in [5.74, 6) is 0.0208. The average molecular weight is 266 g/mol. The van der Waals surface area contributed by atoms with Crippen LogP contribution in [-0.4, -0.2) is 15.6 Å². The molecule has 2 aromatic carbocycles. The van der Waals surface area contributed by atoms with Gasteiger partial charge >= 0.3 is 0 Å². The van der Waals surface area contributed by atoms with Gasteiger partial charge in [0.1, 0.15) is 11.4 Å². The summed E-state index contributed by atoms with van der Waals surface area (Å²) in [6.07, 6.45) is 0. The topological polar surface area (TPSA) is 54.3 Å². The second-order valence-electron chi connectivity index (χ2n) is 4.65. The molecule has 0 fully saturated rings. The molecule has 20 heavy (non-hydrogen) atoms. The minimum absolute atomic E-state index is 0.172. The molecule has 0 radical (unpaired) electrons. The molecule has 0 spiro atoms. The molecular weight excluding hydrogens is 252 g/mol. The van der Waals surface area contributed by atoms with Gasteiger partial charge in [-0.15, -0.1) is 0 Å². The van der Waals surface area contributed by atoms with Crippen molar-refractivity contribution in [2.45, 2.75) is 0 Å². The molecule has 0 unspecified atom stereocenters. The molecule has 1 heterocycles. The van der Waals surface area contributed by atoms with Gasteiger partial charge in [0.25, 0.3) is 5.91 Å². The van der Waals surface area contributed by atoms with Crippen molar-refractivity contribution in [3.63, 3.8) is 0 Å². The van der Waals surface area contributed by atoms with E-state index >= 15 is 0 Å². The van der Waals surface area contributed by atoms with Crippen LogP contribution < -0.4 is 5.32 Å². The third-order valence-electron chi connectivity index (χ3n) is 3.29. The SMILES string of the molecule is Cn1c(C(=O)Nc2ccccc2)cc2cc(O)ccc21. The number of hydrogen-bond acceptors (Lipinski definition) is 2. The lowest BCUT2D eigenvalue weighted by Gasteiger charge is -2.06. The van der Waals surface area contributed by atoms with Crippen LogP contribution in [0, 0.1) is 0 Å². The Morgan fingerprint density at radius 2 is 1.85 bits per heavy atom. The second-order valence-corrected chi connectivity index (χ2v) is 4.65. The Labute approximate surface area is 116 Å². The molecule has 100 valence electrons. The number of para-hydroxylation sites is 1. The van der Waals surface area contributed by atoms with Crippen LogP contribution in [0.2, 0.25) is 0 Å². The lowest BCUT2D eigenvalue weighted by atomic mass is 10.2. The van der Waals surface area contributed by atoms with Gasteiger partial charge in [-0.2, -0.15) is 0 Å². The minimum atomic E-state index is -0.172. The fourth-order valence-electron chi connectivity index (χ4n) is 2.27. The molecule has 0 aliphatic heterocycles. The van der Waals surface area contributed by atoms with Gasteiger partial charge in [-0.3, -0.25) is 4.79 Å². The lowest BCUT2D eigenvalue weighted by molar-refractivity contribution is 0.102. The van der Waals surface area contributed by atoms with Gasteiger partial charge in [0.2, 0.25) is 0 Å². The van der Waals surface area contributed by atoms with Crippen molar-refractivity contribution in [3.8, 4) is 5.75 Å². The molecule has 1 amide bonds. The highest BCUT2D eigenvalue weighted by Gasteiger charge is 2.13. The Kier molecular flexibility index (Phi) is 2.91. The van der Waals surface area contributed by atoms with Gasteiger partial charge in [-0.1, -0.05) is 18.2 Å². The molecule has 0 aliphatic rings. The predicted molar refractivity (Wildman–Crippen MR) is 79.0 cm³/mol. The maximum Gasteiger partial charge on any atom is 0.272 e. The molecule has 0 aliphatic carbocycles. The number of carbonyl (C=O) groups is 1. The zero-order valence-electron chi connectivity index (χ0n) is 11.0. The zero-order chi connectivity index (χ0) is 14.1. The number of nitrogens with zero attached hydrogens (tertiary/aromatic N) is 1. The fraction of sp³-hybridized carbons (Fsp3) is 0.0625. The first kappa shape index (κ1) is 12.3. The minimum Gasteiger partial charge on any atom is -0.508 e. The number of phenolic OH excluding ortho intramolecular Hbond substituents is 1. The van der Waals surface area contributed by atoms with Gasteiger partial charge in [0.05, 0.1) is 0 Å². The van der Waals surface area contributed by atoms with Crippen molar-refractivity contribution in [2.75, 3.05) is 5.32 Å². The number of benzene rings is 2. The highest BCUT2D eigenvalue weighted by atomic mass is 16.3. The lowest BCUT2D eigenvalue weighted by Crippen LogP contribution is -2.15. The predicted octanol–water partition coefficient (Wildman–Crippen LogP) is 3.14. The second kappa shape index (κ2) is 4.74. The van der Waals surface area contributed by atoms with Crippen molar-refractivity contribution >= 4 is 22.5 Å². The molecule has 0 bridgehead atoms. The first-order valence-corrected chi connectivity index (χ1v) is 6.30. The molecular formula is C16H14N2O2. The summed E-state index contributed by atoms with van der Waals surface area (Å²) in [5.41, 5.74) is 2.21. The smallest absolute Gasteiger partial charge is 0.272 e. The standard InChI is InChI=1S/C16H14N2O2/c1-18-14-8-7-13(19)9-11(14)10-15(18)16(20)17-12-5-3-2-4-6-12/h2-10,19H,1H3,(H,17,20). The van der Waals surface area contributed by atoms with Crippen molar-refractivity contribution < 1.29 is 9.90 Å². The molecule has 2 N–H and O–H groups in total. The Balaban J connectivity index is 1.97. The van der Waals surface area contributed by atoms with Gasteiger partial charge in [-0.25, -0.2) is 0 Å². The van der Waals surface area contributed by atoms with E-state index in [4.69, 9.17) is 0 Å². The van der Waals surface area contributed by atoms with E-state index < -0.39 is 0 Å². The third-order valence-corrected chi connectivity index (χ3v) is 3.29. The van der Waals surface area contributed by atoms with Gasteiger partial charge < -0.3 is 15.0 Å². The number of aromatic hydroxyl groups is 1. The number of anilines is 1. The summed E-state index contributed by atoms with van der Waals surface area (Å²) in [4.78, 5) is 12.3. The first-order chi connectivity index (χ1) is 9.65. The number of rotatable bonds is 2. The Bertz CT molecular complexity index is 776. The zero-order valence-corrected chi connectivity index (χ0v) is 11.0. The van der Waals surface area contributed by atoms with Gasteiger partial charge in [0, 0.05) is 23.6 Å². The monoisotopic (exact) mass is 266 g/mol. The molecule has 0 atom stereocenters. The van der Waals surface area contributed by atoms with Crippen LogP contribution in [-0.2, 0) is 7.05 Å². The molecule has 4 nitrogen and oxygen atoms in total. The maximum absolute atomic E-state index is 12.3. The van der Waals surface area contributed by atoms with Crippen LogP contribution in [0.1, 0.15) is 10.5 Å². The number of nitrogens with one attached hydrogen (secondary N) is 1. The fourth-order valence-corrected chi connectivity index (χ4v) is 2.27. The number of hydrogen-bond donors (Lipinski definition) is 2. The van der Waals surface area contributed by atoms with E-state index in [0.29, 0.717) is 5.69 Å². The van der Waals surface area contributed by atoms with Crippen LogP contribution in [0.4, 0.5) is 5.69 Å². The van der Waals surface area contributed by atoms with Gasteiger partial charge in [0.15, 0.2) is 0 Å². The number of carbonyl (C=O) groups excluding carboxylic acids is 1. The van der Waals surface area contributed by atoms with E-state index in [-0.39, 0.29) is 11.7 Å². The first-order valence-electron chi connectivity index (χ1n) is 6.30. The van der Waals surface area contributed by atoms with Crippen LogP contribution >= 0.6 is 0 Å². The molecule has 4 heteroatoms. The molecule has 0 saturated heterocycles. The molecule has 1 aromatic heterocycles. The number of aryl methyl sites for hydroxylation is 1. The van der Waals surface area contributed by atoms with Crippen LogP contribution in [0.3, 0.4) is 0 Å². The van der Waals surface area contributed by atoms with Crippen LogP contribution in [0.25, 0.3) is 10.9 Å². The summed E-state index contributed by atoms with van der Waals surface area (Å²) in [6.45, 7) is 0. The van der Waals surface area contributed by atoms with E-state index in [2.05, 4.69) is 5.32 Å². The average Bonchev–Trinajstić information content (AvgIpc) is 2.76. The van der Waals surface area contributed by atoms with Crippen LogP contribution in [0.5, 0.6) is 5.75 Å². The number of phenols is 1. The molecule has 0 saturated carbocycles. The summed E-state index contributed by atoms with van der Waals surface area (Å²) in [5, 5.41) is 13.2. The Morgan fingerprint density at radius 1 is 1.10 bits per heavy atom. The van der Waals surface area contributed by atoms with E-state index in [0.717, 1.165) is 16.6 Å². The normalized spacial score (nSPS) is 10.7. The number of amides is 1. The largest absolute Gasteiger partial charge is 0.508 e. The molecule has 3 aromatic rings. The van der Waals surface area contributed by atoms with Crippen molar-refractivity contribution in [2.24, 2.45) is 7.05 Å². The van der Waals surface area contributed by atoms with E-state index in [1.54, 1.807) is 24.3 Å². The summed E-state index contributed by atoms with van der Waals surface area (Å²) in [7, 11) is 1.83. The van der Waals surface area contributed by atoms with Gasteiger partial charge in [-0.05, 0) is 36.4 Å². The highest BCUT2D eigenvalue weighted by molar-refractivity contribution is 6.06. The van der Waals surface area contributed by atoms with Crippen LogP contribution in [0.15, 0.2) is 54.6 Å². The Morgan fingerprint density at radius 3 is 2.60 bits per heavy atom. The van der Waals surface area contributed by atoms with E-state index in [1.165, 1.54) is 0 Å². The maximum atomic E-state index is 12.3.